The molecule has 4 aliphatic heterocycles. The zero-order valence-electron chi connectivity index (χ0n) is 18.4. The van der Waals surface area contributed by atoms with Gasteiger partial charge in [0.2, 0.25) is 0 Å². The molecule has 4 heterocycles. The molecule has 2 radical (unpaired) electrons. The lowest BCUT2D eigenvalue weighted by Crippen LogP contribution is -1.88. The third-order valence-electron chi connectivity index (χ3n) is 5.57. The summed E-state index contributed by atoms with van der Waals surface area (Å²) in [5.74, 6) is 3.79. The van der Waals surface area contributed by atoms with Crippen molar-refractivity contribution in [3.8, 4) is 0 Å². The quantitative estimate of drug-likeness (QED) is 0.317. The largest absolute Gasteiger partial charge is 0.105 e. The lowest BCUT2D eigenvalue weighted by molar-refractivity contribution is 1.35. The molecule has 6 aliphatic rings. The van der Waals surface area contributed by atoms with Gasteiger partial charge >= 0.3 is 0 Å². The van der Waals surface area contributed by atoms with Gasteiger partial charge in [-0.3, -0.25) is 0 Å². The Morgan fingerprint density at radius 2 is 0.794 bits per heavy atom. The smallest absolute Gasteiger partial charge is 0.0853 e. The van der Waals surface area contributed by atoms with Crippen molar-refractivity contribution in [3.05, 3.63) is 131 Å². The van der Waals surface area contributed by atoms with Crippen LogP contribution in [0.1, 0.15) is 22.3 Å². The van der Waals surface area contributed by atoms with Gasteiger partial charge in [-0.25, -0.2) is 0 Å². The summed E-state index contributed by atoms with van der Waals surface area (Å²) in [5, 5.41) is 2.65. The van der Waals surface area contributed by atoms with E-state index in [4.69, 9.17) is 23.6 Å². The van der Waals surface area contributed by atoms with Crippen LogP contribution in [0.15, 0.2) is 95.6 Å². The van der Waals surface area contributed by atoms with Crippen molar-refractivity contribution < 1.29 is 0 Å². The van der Waals surface area contributed by atoms with Crippen molar-refractivity contribution in [2.24, 2.45) is 0 Å². The SMILES string of the molecule is S=P1(C2=C[CH]C=C2)SCc2ccc(cc2)CSP(=S)(C2=C[CH]C=C2)SCc2ccc(cc2)CS1. The minimum atomic E-state index is -1.78. The maximum absolute atomic E-state index is 6.33. The highest BCUT2D eigenvalue weighted by Gasteiger charge is 2.26. The average Bonchev–Trinajstić information content (AvgIpc) is 3.60. The second-order valence-electron chi connectivity index (χ2n) is 8.01. The van der Waals surface area contributed by atoms with Gasteiger partial charge in [-0.15, -0.1) is 45.5 Å². The maximum atomic E-state index is 6.33. The molecule has 0 aromatic heterocycles. The van der Waals surface area contributed by atoms with Crippen molar-refractivity contribution in [2.75, 3.05) is 0 Å². The van der Waals surface area contributed by atoms with E-state index in [0.717, 1.165) is 23.0 Å². The summed E-state index contributed by atoms with van der Waals surface area (Å²) in [6, 6.07) is 18.2. The summed E-state index contributed by atoms with van der Waals surface area (Å²) in [5.41, 5.74) is 5.37. The van der Waals surface area contributed by atoms with Crippen LogP contribution < -0.4 is 0 Å². The molecule has 0 saturated heterocycles. The first kappa shape index (κ1) is 25.7. The Hall–Kier alpha value is 0.1000. The van der Waals surface area contributed by atoms with Gasteiger partial charge in [0, 0.05) is 46.5 Å². The van der Waals surface area contributed by atoms with E-state index in [-0.39, 0.29) is 0 Å². The molecule has 8 heteroatoms. The van der Waals surface area contributed by atoms with Gasteiger partial charge in [-0.2, -0.15) is 0 Å². The first-order valence-corrected chi connectivity index (χ1v) is 22.9. The molecule has 0 N–H and O–H groups in total. The van der Waals surface area contributed by atoms with Gasteiger partial charge in [0.1, 0.15) is 0 Å². The molecule has 2 aromatic rings. The molecule has 0 nitrogen and oxygen atoms in total. The molecular weight excluding hydrogens is 567 g/mol. The molecule has 174 valence electrons. The van der Waals surface area contributed by atoms with E-state index >= 15 is 0 Å². The minimum Gasteiger partial charge on any atom is -0.105 e. The zero-order chi connectivity index (χ0) is 23.4. The number of benzene rings is 2. The average molecular weight is 591 g/mol. The lowest BCUT2D eigenvalue weighted by atomic mass is 10.2. The molecule has 34 heavy (non-hydrogen) atoms. The first-order valence-electron chi connectivity index (χ1n) is 10.9. The van der Waals surface area contributed by atoms with Crippen LogP contribution in [-0.4, -0.2) is 0 Å². The predicted molar refractivity (Wildman–Crippen MR) is 170 cm³/mol. The Labute approximate surface area is 230 Å². The topological polar surface area (TPSA) is 0 Å². The molecule has 0 unspecified atom stereocenters. The van der Waals surface area contributed by atoms with Gasteiger partial charge in [0.25, 0.3) is 0 Å². The van der Waals surface area contributed by atoms with E-state index in [0.29, 0.717) is 0 Å². The molecule has 0 spiro atoms. The van der Waals surface area contributed by atoms with Crippen molar-refractivity contribution in [3.63, 3.8) is 0 Å². The number of hydrogen-bond acceptors (Lipinski definition) is 6. The van der Waals surface area contributed by atoms with Crippen LogP contribution in [0.3, 0.4) is 0 Å². The highest BCUT2D eigenvalue weighted by atomic mass is 33.2. The van der Waals surface area contributed by atoms with Gasteiger partial charge in [-0.1, -0.05) is 109 Å². The van der Waals surface area contributed by atoms with E-state index in [2.05, 4.69) is 97.8 Å². The van der Waals surface area contributed by atoms with Crippen LogP contribution in [0.25, 0.3) is 0 Å². The number of allylic oxidation sites excluding steroid dienone is 8. The van der Waals surface area contributed by atoms with E-state index < -0.39 is 8.88 Å². The first-order chi connectivity index (χ1) is 16.5. The monoisotopic (exact) mass is 590 g/mol. The third-order valence-corrected chi connectivity index (χ3v) is 27.7. The highest BCUT2D eigenvalue weighted by molar-refractivity contribution is 9.01. The lowest BCUT2D eigenvalue weighted by Gasteiger charge is -2.23. The fourth-order valence-corrected chi connectivity index (χ4v) is 20.8. The molecule has 4 bridgehead atoms. The van der Waals surface area contributed by atoms with Crippen molar-refractivity contribution in [2.45, 2.75) is 23.0 Å². The molecule has 0 atom stereocenters. The van der Waals surface area contributed by atoms with Crippen molar-refractivity contribution in [1.82, 2.24) is 0 Å². The fraction of sp³-hybridized carbons (Fsp3) is 0.154. The Bertz CT molecular complexity index is 1090. The molecule has 0 saturated carbocycles. The van der Waals surface area contributed by atoms with Gasteiger partial charge < -0.3 is 0 Å². The Kier molecular flexibility index (Phi) is 8.82. The summed E-state index contributed by atoms with van der Waals surface area (Å²) in [6.07, 6.45) is 17.3. The van der Waals surface area contributed by atoms with E-state index in [1.807, 2.05) is 45.5 Å². The normalized spacial score (nSPS) is 27.4. The van der Waals surface area contributed by atoms with E-state index in [9.17, 15) is 0 Å². The van der Waals surface area contributed by atoms with Crippen LogP contribution in [0.4, 0.5) is 0 Å². The second-order valence-corrected chi connectivity index (χ2v) is 30.3. The zero-order valence-corrected chi connectivity index (χ0v) is 25.1. The summed E-state index contributed by atoms with van der Waals surface area (Å²) in [6.45, 7) is 0. The molecule has 2 aromatic carbocycles. The molecule has 8 rings (SSSR count). The van der Waals surface area contributed by atoms with E-state index in [1.54, 1.807) is 0 Å². The molecule has 2 aliphatic carbocycles. The second kappa shape index (κ2) is 11.7. The summed E-state index contributed by atoms with van der Waals surface area (Å²) >= 11 is 20.5. The Balaban J connectivity index is 1.43. The molecule has 0 amide bonds. The summed E-state index contributed by atoms with van der Waals surface area (Å²) < 4.78 is -3.57. The van der Waals surface area contributed by atoms with Crippen molar-refractivity contribution in [1.29, 1.82) is 0 Å². The molecular formula is C26H24P2S6. The standard InChI is InChI=1S/C26H24P2S6/c29-27(25-5-1-2-6-25)31-17-21-9-13-23(14-10-21)19-33-28(30,26-7-3-4-8-26)34-20-24-15-11-22(12-16-24)18-32-27/h1-16H,17-20H2. The van der Waals surface area contributed by atoms with Gasteiger partial charge in [0.15, 0.2) is 0 Å². The van der Waals surface area contributed by atoms with Crippen LogP contribution in [0, 0.1) is 12.8 Å². The van der Waals surface area contributed by atoms with Crippen LogP contribution in [0.2, 0.25) is 0 Å². The van der Waals surface area contributed by atoms with Crippen LogP contribution in [0.5, 0.6) is 0 Å². The Morgan fingerprint density at radius 3 is 1.03 bits per heavy atom. The third kappa shape index (κ3) is 6.32. The number of rotatable bonds is 2. The van der Waals surface area contributed by atoms with Crippen LogP contribution >= 0.6 is 54.4 Å². The van der Waals surface area contributed by atoms with E-state index in [1.165, 1.54) is 32.9 Å². The highest BCUT2D eigenvalue weighted by Crippen LogP contribution is 2.77. The summed E-state index contributed by atoms with van der Waals surface area (Å²) in [7, 11) is 0. The van der Waals surface area contributed by atoms with Crippen molar-refractivity contribution >= 4 is 78.0 Å². The predicted octanol–water partition coefficient (Wildman–Crippen LogP) is 10.3. The minimum absolute atomic E-state index is 0.948. The number of hydrogen-bond donors (Lipinski definition) is 0. The fourth-order valence-electron chi connectivity index (χ4n) is 3.57. The molecule has 0 fully saturated rings. The maximum Gasteiger partial charge on any atom is 0.0853 e. The van der Waals surface area contributed by atoms with Gasteiger partial charge in [0.05, 0.1) is 8.88 Å². The van der Waals surface area contributed by atoms with Crippen LogP contribution in [-0.2, 0) is 46.6 Å². The van der Waals surface area contributed by atoms with Gasteiger partial charge in [-0.05, 0) is 22.3 Å². The Morgan fingerprint density at radius 1 is 0.500 bits per heavy atom. The summed E-state index contributed by atoms with van der Waals surface area (Å²) in [4.78, 5) is 0.